The van der Waals surface area contributed by atoms with E-state index in [1.807, 2.05) is 0 Å². The minimum Gasteiger partial charge on any atom is -0.134 e. The van der Waals surface area contributed by atoms with E-state index >= 15 is 0 Å². The summed E-state index contributed by atoms with van der Waals surface area (Å²) in [5.74, 6) is 0.608. The highest BCUT2D eigenvalue weighted by Crippen LogP contribution is 2.28. The van der Waals surface area contributed by atoms with Gasteiger partial charge in [0.25, 0.3) is 0 Å². The van der Waals surface area contributed by atoms with Gasteiger partial charge in [-0.15, -0.1) is 11.3 Å². The summed E-state index contributed by atoms with van der Waals surface area (Å²) in [6.07, 6.45) is 0. The van der Waals surface area contributed by atoms with Crippen molar-refractivity contribution in [1.82, 2.24) is 0 Å². The Kier molecular flexibility index (Phi) is 1.89. The second-order valence-corrected chi connectivity index (χ2v) is 4.16. The van der Waals surface area contributed by atoms with E-state index in [-0.39, 0.29) is 0 Å². The molecule has 1 radical (unpaired) electrons. The van der Waals surface area contributed by atoms with Crippen LogP contribution in [0, 0.1) is 5.38 Å². The molecule has 0 fully saturated rings. The molecule has 0 nitrogen and oxygen atoms in total. The molecule has 2 aromatic rings. The van der Waals surface area contributed by atoms with Crippen molar-refractivity contribution in [2.75, 3.05) is 0 Å². The van der Waals surface area contributed by atoms with Gasteiger partial charge in [0.2, 0.25) is 0 Å². The van der Waals surface area contributed by atoms with Crippen LogP contribution in [0.15, 0.2) is 24.3 Å². The molecule has 1 heteroatoms. The molecule has 1 aromatic carbocycles. The van der Waals surface area contributed by atoms with E-state index in [0.29, 0.717) is 5.92 Å². The number of thiophene rings is 1. The van der Waals surface area contributed by atoms with Crippen LogP contribution in [0.3, 0.4) is 0 Å². The van der Waals surface area contributed by atoms with Crippen molar-refractivity contribution >= 4 is 21.4 Å². The van der Waals surface area contributed by atoms with Gasteiger partial charge in [-0.05, 0) is 29.0 Å². The van der Waals surface area contributed by atoms with Gasteiger partial charge in [-0.1, -0.05) is 26.0 Å². The number of rotatable bonds is 1. The Balaban J connectivity index is 2.73. The Morgan fingerprint density at radius 1 is 1.33 bits per heavy atom. The van der Waals surface area contributed by atoms with E-state index in [2.05, 4.69) is 43.5 Å². The molecule has 0 N–H and O–H groups in total. The van der Waals surface area contributed by atoms with Crippen LogP contribution in [0.5, 0.6) is 0 Å². The van der Waals surface area contributed by atoms with Gasteiger partial charge in [-0.3, -0.25) is 0 Å². The Morgan fingerprint density at radius 2 is 2.17 bits per heavy atom. The molecule has 0 saturated carbocycles. The molecule has 1 aromatic heterocycles. The van der Waals surface area contributed by atoms with E-state index in [1.54, 1.807) is 11.3 Å². The normalized spacial score (nSPS) is 11.2. The van der Waals surface area contributed by atoms with Crippen molar-refractivity contribution < 1.29 is 0 Å². The van der Waals surface area contributed by atoms with Crippen LogP contribution in [-0.4, -0.2) is 0 Å². The van der Waals surface area contributed by atoms with Gasteiger partial charge < -0.3 is 0 Å². The SMILES string of the molecule is CC(C)c1cccc2s[c]cc12. The maximum atomic E-state index is 3.17. The third-order valence-electron chi connectivity index (χ3n) is 2.09. The molecule has 1 heterocycles. The smallest absolute Gasteiger partial charge is 0.0455 e. The maximum Gasteiger partial charge on any atom is 0.0455 e. The molecule has 0 spiro atoms. The molecule has 61 valence electrons. The van der Waals surface area contributed by atoms with Crippen LogP contribution >= 0.6 is 11.3 Å². The summed E-state index contributed by atoms with van der Waals surface area (Å²) in [7, 11) is 0. The van der Waals surface area contributed by atoms with Crippen LogP contribution in [0.1, 0.15) is 25.3 Å². The molecular formula is C11H11S. The molecule has 2 rings (SSSR count). The number of hydrogen-bond donors (Lipinski definition) is 0. The maximum absolute atomic E-state index is 3.17. The van der Waals surface area contributed by atoms with E-state index in [4.69, 9.17) is 0 Å². The first-order chi connectivity index (χ1) is 5.79. The fourth-order valence-corrected chi connectivity index (χ4v) is 2.20. The third-order valence-corrected chi connectivity index (χ3v) is 2.91. The first-order valence-electron chi connectivity index (χ1n) is 4.17. The summed E-state index contributed by atoms with van der Waals surface area (Å²) in [4.78, 5) is 0. The topological polar surface area (TPSA) is 0 Å². The minimum atomic E-state index is 0.608. The lowest BCUT2D eigenvalue weighted by Gasteiger charge is -2.05. The second kappa shape index (κ2) is 2.91. The Hall–Kier alpha value is -0.820. The van der Waals surface area contributed by atoms with Gasteiger partial charge in [0.15, 0.2) is 0 Å². The third kappa shape index (κ3) is 1.14. The van der Waals surface area contributed by atoms with Crippen molar-refractivity contribution in [2.24, 2.45) is 0 Å². The van der Waals surface area contributed by atoms with Crippen LogP contribution in [0.25, 0.3) is 10.1 Å². The fourth-order valence-electron chi connectivity index (χ4n) is 1.46. The molecule has 0 aliphatic rings. The fraction of sp³-hybridized carbons (Fsp3) is 0.273. The van der Waals surface area contributed by atoms with Gasteiger partial charge in [0.05, 0.1) is 0 Å². The van der Waals surface area contributed by atoms with E-state index < -0.39 is 0 Å². The predicted molar refractivity (Wildman–Crippen MR) is 54.8 cm³/mol. The zero-order valence-electron chi connectivity index (χ0n) is 7.29. The first-order valence-corrected chi connectivity index (χ1v) is 4.99. The van der Waals surface area contributed by atoms with Crippen LogP contribution < -0.4 is 0 Å². The van der Waals surface area contributed by atoms with Crippen LogP contribution in [-0.2, 0) is 0 Å². The van der Waals surface area contributed by atoms with E-state index in [1.165, 1.54) is 15.6 Å². The Labute approximate surface area is 76.8 Å². The number of hydrogen-bond acceptors (Lipinski definition) is 1. The van der Waals surface area contributed by atoms with Crippen molar-refractivity contribution in [3.05, 3.63) is 35.2 Å². The molecule has 0 amide bonds. The highest BCUT2D eigenvalue weighted by atomic mass is 32.1. The molecule has 0 bridgehead atoms. The molecule has 0 unspecified atom stereocenters. The predicted octanol–water partition coefficient (Wildman–Crippen LogP) is 3.82. The molecule has 0 atom stereocenters. The summed E-state index contributed by atoms with van der Waals surface area (Å²) in [6, 6.07) is 8.58. The van der Waals surface area contributed by atoms with Gasteiger partial charge in [-0.2, -0.15) is 0 Å². The number of benzene rings is 1. The van der Waals surface area contributed by atoms with Crippen LogP contribution in [0.2, 0.25) is 0 Å². The molecule has 0 aliphatic carbocycles. The van der Waals surface area contributed by atoms with Gasteiger partial charge in [0.1, 0.15) is 0 Å². The summed E-state index contributed by atoms with van der Waals surface area (Å²) < 4.78 is 1.35. The number of fused-ring (bicyclic) bond motifs is 1. The average molecular weight is 175 g/mol. The summed E-state index contributed by atoms with van der Waals surface area (Å²) in [5.41, 5.74) is 1.44. The quantitative estimate of drug-likeness (QED) is 0.618. The summed E-state index contributed by atoms with van der Waals surface area (Å²) >= 11 is 1.69. The summed E-state index contributed by atoms with van der Waals surface area (Å²) in [5, 5.41) is 4.55. The highest BCUT2D eigenvalue weighted by Gasteiger charge is 2.04. The lowest BCUT2D eigenvalue weighted by Crippen LogP contribution is -1.85. The summed E-state index contributed by atoms with van der Waals surface area (Å²) in [6.45, 7) is 4.46. The molecule has 12 heavy (non-hydrogen) atoms. The molecular weight excluding hydrogens is 164 g/mol. The minimum absolute atomic E-state index is 0.608. The van der Waals surface area contributed by atoms with Gasteiger partial charge in [-0.25, -0.2) is 0 Å². The van der Waals surface area contributed by atoms with Crippen molar-refractivity contribution in [2.45, 2.75) is 19.8 Å². The molecule has 0 saturated heterocycles. The van der Waals surface area contributed by atoms with Crippen molar-refractivity contribution in [1.29, 1.82) is 0 Å². The first kappa shape index (κ1) is 7.81. The van der Waals surface area contributed by atoms with Crippen molar-refractivity contribution in [3.63, 3.8) is 0 Å². The average Bonchev–Trinajstić information content (AvgIpc) is 2.49. The lowest BCUT2D eigenvalue weighted by molar-refractivity contribution is 0.877. The largest absolute Gasteiger partial charge is 0.134 e. The van der Waals surface area contributed by atoms with Gasteiger partial charge in [0, 0.05) is 10.1 Å². The highest BCUT2D eigenvalue weighted by molar-refractivity contribution is 7.16. The van der Waals surface area contributed by atoms with Crippen molar-refractivity contribution in [3.8, 4) is 0 Å². The molecule has 0 aliphatic heterocycles. The second-order valence-electron chi connectivity index (χ2n) is 3.28. The van der Waals surface area contributed by atoms with E-state index in [0.717, 1.165) is 0 Å². The van der Waals surface area contributed by atoms with Crippen LogP contribution in [0.4, 0.5) is 0 Å². The lowest BCUT2D eigenvalue weighted by atomic mass is 10.00. The monoisotopic (exact) mass is 175 g/mol. The van der Waals surface area contributed by atoms with E-state index in [9.17, 15) is 0 Å². The van der Waals surface area contributed by atoms with Gasteiger partial charge >= 0.3 is 0 Å². The Morgan fingerprint density at radius 3 is 2.92 bits per heavy atom. The zero-order chi connectivity index (χ0) is 8.55. The standard InChI is InChI=1S/C11H11S/c1-8(2)9-4-3-5-11-10(9)6-7-12-11/h3-6,8H,1-2H3. The zero-order valence-corrected chi connectivity index (χ0v) is 8.11. The Bertz CT molecular complexity index is 385.